The predicted octanol–water partition coefficient (Wildman–Crippen LogP) is 2.86. The van der Waals surface area contributed by atoms with Gasteiger partial charge in [0.05, 0.1) is 7.11 Å². The Labute approximate surface area is 98.0 Å². The van der Waals surface area contributed by atoms with Gasteiger partial charge >= 0.3 is 0 Å². The molecule has 2 heteroatoms. The zero-order valence-corrected chi connectivity index (χ0v) is 10.6. The lowest BCUT2D eigenvalue weighted by Gasteiger charge is -2.16. The second-order valence-corrected chi connectivity index (χ2v) is 4.93. The molecule has 1 aliphatic rings. The van der Waals surface area contributed by atoms with Gasteiger partial charge in [0.15, 0.2) is 0 Å². The molecule has 2 nitrogen and oxygen atoms in total. The van der Waals surface area contributed by atoms with E-state index in [1.54, 1.807) is 7.11 Å². The second kappa shape index (κ2) is 4.46. The summed E-state index contributed by atoms with van der Waals surface area (Å²) in [5.74, 6) is 1.62. The average molecular weight is 219 g/mol. The molecule has 16 heavy (non-hydrogen) atoms. The van der Waals surface area contributed by atoms with Crippen molar-refractivity contribution in [1.29, 1.82) is 0 Å². The van der Waals surface area contributed by atoms with E-state index in [4.69, 9.17) is 4.74 Å². The molecule has 88 valence electrons. The molecule has 0 radical (unpaired) electrons. The van der Waals surface area contributed by atoms with Gasteiger partial charge in [-0.05, 0) is 44.4 Å². The van der Waals surface area contributed by atoms with Gasteiger partial charge in [-0.1, -0.05) is 12.1 Å². The summed E-state index contributed by atoms with van der Waals surface area (Å²) in [6.07, 6.45) is 1.23. The van der Waals surface area contributed by atoms with Gasteiger partial charge in [0.1, 0.15) is 5.75 Å². The molecule has 1 aromatic carbocycles. The van der Waals surface area contributed by atoms with Crippen LogP contribution in [0.2, 0.25) is 0 Å². The molecule has 0 amide bonds. The van der Waals surface area contributed by atoms with Crippen LogP contribution in [0.4, 0.5) is 0 Å². The quantitative estimate of drug-likeness (QED) is 0.826. The highest BCUT2D eigenvalue weighted by atomic mass is 16.5. The molecule has 1 aromatic rings. The first kappa shape index (κ1) is 11.5. The van der Waals surface area contributed by atoms with Crippen molar-refractivity contribution in [2.24, 2.45) is 0 Å². The Morgan fingerprint density at radius 2 is 2.06 bits per heavy atom. The number of rotatable bonds is 2. The molecular formula is C14H21NO. The number of hydrogen-bond donors (Lipinski definition) is 1. The lowest BCUT2D eigenvalue weighted by molar-refractivity contribution is 0.411. The molecule has 1 saturated heterocycles. The Bertz CT molecular complexity index is 375. The number of benzene rings is 1. The molecule has 0 aromatic heterocycles. The third-order valence-corrected chi connectivity index (χ3v) is 3.61. The number of nitrogens with one attached hydrogen (secondary N) is 1. The monoisotopic (exact) mass is 219 g/mol. The Morgan fingerprint density at radius 3 is 2.56 bits per heavy atom. The zero-order valence-electron chi connectivity index (χ0n) is 10.6. The van der Waals surface area contributed by atoms with E-state index in [0.29, 0.717) is 18.0 Å². The molecule has 0 spiro atoms. The Morgan fingerprint density at radius 1 is 1.31 bits per heavy atom. The van der Waals surface area contributed by atoms with Gasteiger partial charge in [-0.25, -0.2) is 0 Å². The minimum atomic E-state index is 0.572. The van der Waals surface area contributed by atoms with Gasteiger partial charge in [0, 0.05) is 18.0 Å². The summed E-state index contributed by atoms with van der Waals surface area (Å²) in [5.41, 5.74) is 2.66. The van der Waals surface area contributed by atoms with Gasteiger partial charge in [-0.2, -0.15) is 0 Å². The number of ether oxygens (including phenoxy) is 1. The van der Waals surface area contributed by atoms with Gasteiger partial charge in [-0.3, -0.25) is 0 Å². The van der Waals surface area contributed by atoms with Crippen LogP contribution >= 0.6 is 0 Å². The maximum absolute atomic E-state index is 5.29. The van der Waals surface area contributed by atoms with Crippen molar-refractivity contribution in [2.45, 2.75) is 45.2 Å². The van der Waals surface area contributed by atoms with Crippen molar-refractivity contribution in [3.8, 4) is 5.75 Å². The van der Waals surface area contributed by atoms with Gasteiger partial charge in [0.2, 0.25) is 0 Å². The fourth-order valence-corrected chi connectivity index (χ4v) is 2.78. The van der Waals surface area contributed by atoms with Crippen molar-refractivity contribution < 1.29 is 4.74 Å². The molecule has 2 rings (SSSR count). The zero-order chi connectivity index (χ0) is 11.7. The van der Waals surface area contributed by atoms with Crippen molar-refractivity contribution in [3.05, 3.63) is 29.3 Å². The minimum Gasteiger partial charge on any atom is -0.496 e. The Balaban J connectivity index is 2.24. The lowest BCUT2D eigenvalue weighted by atomic mass is 9.90. The molecule has 3 unspecified atom stereocenters. The van der Waals surface area contributed by atoms with E-state index in [0.717, 1.165) is 5.75 Å². The lowest BCUT2D eigenvalue weighted by Crippen LogP contribution is -2.26. The van der Waals surface area contributed by atoms with E-state index in [1.165, 1.54) is 17.5 Å². The fraction of sp³-hybridized carbons (Fsp3) is 0.571. The molecule has 1 aliphatic heterocycles. The predicted molar refractivity (Wildman–Crippen MR) is 67.1 cm³/mol. The summed E-state index contributed by atoms with van der Waals surface area (Å²) in [7, 11) is 1.73. The van der Waals surface area contributed by atoms with E-state index >= 15 is 0 Å². The van der Waals surface area contributed by atoms with E-state index in [-0.39, 0.29) is 0 Å². The van der Waals surface area contributed by atoms with Crippen molar-refractivity contribution in [3.63, 3.8) is 0 Å². The summed E-state index contributed by atoms with van der Waals surface area (Å²) in [5, 5.41) is 3.58. The van der Waals surface area contributed by atoms with Crippen LogP contribution in [0.15, 0.2) is 18.2 Å². The van der Waals surface area contributed by atoms with Crippen LogP contribution in [0, 0.1) is 6.92 Å². The van der Waals surface area contributed by atoms with Gasteiger partial charge in [0.25, 0.3) is 0 Å². The summed E-state index contributed by atoms with van der Waals surface area (Å²) in [6, 6.07) is 7.75. The van der Waals surface area contributed by atoms with Gasteiger partial charge < -0.3 is 10.1 Å². The van der Waals surface area contributed by atoms with Crippen LogP contribution in [-0.4, -0.2) is 19.2 Å². The number of methoxy groups -OCH3 is 1. The molecule has 0 bridgehead atoms. The first-order valence-electron chi connectivity index (χ1n) is 6.02. The molecule has 1 heterocycles. The van der Waals surface area contributed by atoms with Crippen LogP contribution in [-0.2, 0) is 0 Å². The maximum Gasteiger partial charge on any atom is 0.121 e. The highest BCUT2D eigenvalue weighted by Crippen LogP contribution is 2.32. The minimum absolute atomic E-state index is 0.572. The van der Waals surface area contributed by atoms with E-state index < -0.39 is 0 Å². The molecule has 1 N–H and O–H groups in total. The van der Waals surface area contributed by atoms with E-state index in [2.05, 4.69) is 44.3 Å². The fourth-order valence-electron chi connectivity index (χ4n) is 2.78. The summed E-state index contributed by atoms with van der Waals surface area (Å²) >= 11 is 0. The summed E-state index contributed by atoms with van der Waals surface area (Å²) in [4.78, 5) is 0. The first-order chi connectivity index (χ1) is 7.61. The normalized spacial score (nSPS) is 29.4. The van der Waals surface area contributed by atoms with E-state index in [1.807, 2.05) is 0 Å². The van der Waals surface area contributed by atoms with Crippen LogP contribution in [0.25, 0.3) is 0 Å². The van der Waals surface area contributed by atoms with Crippen LogP contribution in [0.5, 0.6) is 5.75 Å². The van der Waals surface area contributed by atoms with Crippen molar-refractivity contribution in [1.82, 2.24) is 5.32 Å². The Hall–Kier alpha value is -1.02. The van der Waals surface area contributed by atoms with Crippen molar-refractivity contribution in [2.75, 3.05) is 7.11 Å². The number of aryl methyl sites for hydroxylation is 1. The molecule has 3 atom stereocenters. The third kappa shape index (κ3) is 2.07. The average Bonchev–Trinajstić information content (AvgIpc) is 2.58. The molecule has 1 fully saturated rings. The largest absolute Gasteiger partial charge is 0.496 e. The summed E-state index contributed by atoms with van der Waals surface area (Å²) in [6.45, 7) is 6.64. The standard InChI is InChI=1S/C14H21NO/c1-9-7-12(5-6-14(9)16-4)13-8-10(2)15-11(13)3/h5-7,10-11,13,15H,8H2,1-4H3. The SMILES string of the molecule is COc1ccc(C2CC(C)NC2C)cc1C. The summed E-state index contributed by atoms with van der Waals surface area (Å²) < 4.78 is 5.29. The highest BCUT2D eigenvalue weighted by molar-refractivity contribution is 5.38. The Kier molecular flexibility index (Phi) is 3.20. The van der Waals surface area contributed by atoms with E-state index in [9.17, 15) is 0 Å². The first-order valence-corrected chi connectivity index (χ1v) is 6.02. The maximum atomic E-state index is 5.29. The smallest absolute Gasteiger partial charge is 0.121 e. The molecule has 0 saturated carbocycles. The van der Waals surface area contributed by atoms with Crippen LogP contribution < -0.4 is 10.1 Å². The highest BCUT2D eigenvalue weighted by Gasteiger charge is 2.29. The number of hydrogen-bond acceptors (Lipinski definition) is 2. The van der Waals surface area contributed by atoms with Gasteiger partial charge in [-0.15, -0.1) is 0 Å². The molecule has 0 aliphatic carbocycles. The third-order valence-electron chi connectivity index (χ3n) is 3.61. The second-order valence-electron chi connectivity index (χ2n) is 4.93. The van der Waals surface area contributed by atoms with Crippen molar-refractivity contribution >= 4 is 0 Å². The van der Waals surface area contributed by atoms with Crippen LogP contribution in [0.1, 0.15) is 37.3 Å². The topological polar surface area (TPSA) is 21.3 Å². The molecular weight excluding hydrogens is 198 g/mol. The van der Waals surface area contributed by atoms with Crippen LogP contribution in [0.3, 0.4) is 0 Å².